The zero-order valence-electron chi connectivity index (χ0n) is 7.64. The van der Waals surface area contributed by atoms with Crippen LogP contribution in [0.3, 0.4) is 0 Å². The fourth-order valence-corrected chi connectivity index (χ4v) is 1.90. The van der Waals surface area contributed by atoms with Crippen molar-refractivity contribution < 1.29 is 9.90 Å². The highest BCUT2D eigenvalue weighted by atomic mass is 16.4. The van der Waals surface area contributed by atoms with Gasteiger partial charge in [0, 0.05) is 19.2 Å². The average Bonchev–Trinajstić information content (AvgIpc) is 2.51. The second-order valence-corrected chi connectivity index (χ2v) is 3.71. The first-order valence-corrected chi connectivity index (χ1v) is 4.32. The van der Waals surface area contributed by atoms with Crippen LogP contribution in [0, 0.1) is 11.8 Å². The topological polar surface area (TPSA) is 55.1 Å². The lowest BCUT2D eigenvalue weighted by atomic mass is 10.2. The number of aromatic nitrogens is 2. The highest BCUT2D eigenvalue weighted by molar-refractivity contribution is 5.75. The van der Waals surface area contributed by atoms with Crippen LogP contribution in [0.2, 0.25) is 0 Å². The lowest BCUT2D eigenvalue weighted by molar-refractivity contribution is -0.138. The van der Waals surface area contributed by atoms with E-state index in [1.165, 1.54) is 0 Å². The first-order valence-electron chi connectivity index (χ1n) is 4.32. The normalized spacial score (nSPS) is 31.7. The molecule has 0 radical (unpaired) electrons. The van der Waals surface area contributed by atoms with E-state index in [2.05, 4.69) is 4.98 Å². The summed E-state index contributed by atoms with van der Waals surface area (Å²) in [6.45, 7) is 1.96. The van der Waals surface area contributed by atoms with E-state index in [0.29, 0.717) is 0 Å². The van der Waals surface area contributed by atoms with Crippen LogP contribution in [0.1, 0.15) is 18.5 Å². The standard InChI is InChI=1S/C9H12N2O2/c1-5-7(8(5)9(12)13)6-3-11(2)4-10-6/h3-5,7-8H,1-2H3,(H,12,13)/t5?,7?,8-/m1/s1. The Balaban J connectivity index is 2.17. The fraction of sp³-hybridized carbons (Fsp3) is 0.556. The van der Waals surface area contributed by atoms with Gasteiger partial charge in [-0.2, -0.15) is 0 Å². The molecule has 70 valence electrons. The van der Waals surface area contributed by atoms with Gasteiger partial charge in [-0.05, 0) is 5.92 Å². The number of aryl methyl sites for hydroxylation is 1. The Morgan fingerprint density at radius 2 is 2.38 bits per heavy atom. The van der Waals surface area contributed by atoms with Gasteiger partial charge in [-0.15, -0.1) is 0 Å². The summed E-state index contributed by atoms with van der Waals surface area (Å²) in [5.41, 5.74) is 0.905. The van der Waals surface area contributed by atoms with Crippen LogP contribution in [-0.4, -0.2) is 20.6 Å². The monoisotopic (exact) mass is 180 g/mol. The van der Waals surface area contributed by atoms with Gasteiger partial charge in [-0.3, -0.25) is 4.79 Å². The van der Waals surface area contributed by atoms with Crippen LogP contribution in [0.25, 0.3) is 0 Å². The summed E-state index contributed by atoms with van der Waals surface area (Å²) < 4.78 is 1.85. The Hall–Kier alpha value is -1.32. The number of aliphatic carboxylic acids is 1. The van der Waals surface area contributed by atoms with Crippen molar-refractivity contribution in [2.75, 3.05) is 0 Å². The quantitative estimate of drug-likeness (QED) is 0.734. The van der Waals surface area contributed by atoms with Crippen LogP contribution in [0.15, 0.2) is 12.5 Å². The van der Waals surface area contributed by atoms with Crippen LogP contribution < -0.4 is 0 Å². The molecule has 1 N–H and O–H groups in total. The molecule has 1 aromatic heterocycles. The van der Waals surface area contributed by atoms with Gasteiger partial charge in [0.25, 0.3) is 0 Å². The van der Waals surface area contributed by atoms with Gasteiger partial charge in [0.1, 0.15) is 0 Å². The maximum absolute atomic E-state index is 10.7. The molecule has 0 spiro atoms. The molecule has 0 amide bonds. The molecule has 1 aliphatic rings. The summed E-state index contributed by atoms with van der Waals surface area (Å²) >= 11 is 0. The Morgan fingerprint density at radius 3 is 2.77 bits per heavy atom. The molecule has 3 atom stereocenters. The second-order valence-electron chi connectivity index (χ2n) is 3.71. The van der Waals surface area contributed by atoms with Crippen molar-refractivity contribution in [3.8, 4) is 0 Å². The molecule has 0 bridgehead atoms. The number of hydrogen-bond acceptors (Lipinski definition) is 2. The molecule has 4 nitrogen and oxygen atoms in total. The van der Waals surface area contributed by atoms with Crippen molar-refractivity contribution in [3.63, 3.8) is 0 Å². The summed E-state index contributed by atoms with van der Waals surface area (Å²) in [5.74, 6) is -0.579. The van der Waals surface area contributed by atoms with Crippen molar-refractivity contribution in [3.05, 3.63) is 18.2 Å². The SMILES string of the molecule is CC1C(c2cn(C)cn2)[C@@H]1C(=O)O. The molecule has 2 rings (SSSR count). The molecular weight excluding hydrogens is 168 g/mol. The van der Waals surface area contributed by atoms with Crippen LogP contribution in [-0.2, 0) is 11.8 Å². The van der Waals surface area contributed by atoms with E-state index in [4.69, 9.17) is 5.11 Å². The fourth-order valence-electron chi connectivity index (χ4n) is 1.90. The summed E-state index contributed by atoms with van der Waals surface area (Å²) in [6, 6.07) is 0. The molecule has 13 heavy (non-hydrogen) atoms. The third-order valence-corrected chi connectivity index (χ3v) is 2.73. The molecule has 0 aromatic carbocycles. The molecule has 1 heterocycles. The molecule has 1 aliphatic carbocycles. The second kappa shape index (κ2) is 2.58. The zero-order valence-corrected chi connectivity index (χ0v) is 7.64. The van der Waals surface area contributed by atoms with E-state index in [0.717, 1.165) is 5.69 Å². The molecule has 1 saturated carbocycles. The van der Waals surface area contributed by atoms with E-state index < -0.39 is 5.97 Å². The minimum Gasteiger partial charge on any atom is -0.481 e. The van der Waals surface area contributed by atoms with Crippen molar-refractivity contribution in [2.24, 2.45) is 18.9 Å². The molecule has 0 saturated heterocycles. The third kappa shape index (κ3) is 1.22. The summed E-state index contributed by atoms with van der Waals surface area (Å²) in [6.07, 6.45) is 3.60. The molecule has 1 aromatic rings. The molecule has 0 aliphatic heterocycles. The van der Waals surface area contributed by atoms with Gasteiger partial charge >= 0.3 is 5.97 Å². The largest absolute Gasteiger partial charge is 0.481 e. The molecular formula is C9H12N2O2. The van der Waals surface area contributed by atoms with Gasteiger partial charge in [0.05, 0.1) is 17.9 Å². The van der Waals surface area contributed by atoms with Gasteiger partial charge in [0.2, 0.25) is 0 Å². The van der Waals surface area contributed by atoms with Crippen molar-refractivity contribution in [2.45, 2.75) is 12.8 Å². The summed E-state index contributed by atoms with van der Waals surface area (Å²) in [4.78, 5) is 14.9. The predicted octanol–water partition coefficient (Wildman–Crippen LogP) is 0.854. The number of nitrogens with zero attached hydrogens (tertiary/aromatic N) is 2. The Labute approximate surface area is 76.2 Å². The van der Waals surface area contributed by atoms with Gasteiger partial charge in [0.15, 0.2) is 0 Å². The van der Waals surface area contributed by atoms with Crippen molar-refractivity contribution >= 4 is 5.97 Å². The first kappa shape index (κ1) is 8.29. The van der Waals surface area contributed by atoms with Crippen molar-refractivity contribution in [1.82, 2.24) is 9.55 Å². The summed E-state index contributed by atoms with van der Waals surface area (Å²) in [5, 5.41) is 8.83. The van der Waals surface area contributed by atoms with Crippen LogP contribution in [0.4, 0.5) is 0 Å². The number of hydrogen-bond donors (Lipinski definition) is 1. The number of carboxylic acid groups (broad SMARTS) is 1. The minimum atomic E-state index is -0.705. The Morgan fingerprint density at radius 1 is 1.69 bits per heavy atom. The van der Waals surface area contributed by atoms with E-state index in [1.807, 2.05) is 24.7 Å². The summed E-state index contributed by atoms with van der Waals surface area (Å²) in [7, 11) is 1.89. The van der Waals surface area contributed by atoms with Gasteiger partial charge in [-0.25, -0.2) is 4.98 Å². The Kier molecular flexibility index (Phi) is 1.65. The highest BCUT2D eigenvalue weighted by Gasteiger charge is 2.53. The van der Waals surface area contributed by atoms with Crippen LogP contribution in [0.5, 0.6) is 0 Å². The lowest BCUT2D eigenvalue weighted by Crippen LogP contribution is -1.99. The average molecular weight is 180 g/mol. The predicted molar refractivity (Wildman–Crippen MR) is 46.2 cm³/mol. The molecule has 1 fully saturated rings. The van der Waals surface area contributed by atoms with Crippen LogP contribution >= 0.6 is 0 Å². The van der Waals surface area contributed by atoms with Crippen molar-refractivity contribution in [1.29, 1.82) is 0 Å². The minimum absolute atomic E-state index is 0.124. The maximum atomic E-state index is 10.7. The smallest absolute Gasteiger partial charge is 0.307 e. The number of carboxylic acids is 1. The maximum Gasteiger partial charge on any atom is 0.307 e. The van der Waals surface area contributed by atoms with E-state index in [9.17, 15) is 4.79 Å². The lowest BCUT2D eigenvalue weighted by Gasteiger charge is -1.89. The third-order valence-electron chi connectivity index (χ3n) is 2.73. The highest BCUT2D eigenvalue weighted by Crippen LogP contribution is 2.53. The number of imidazole rings is 1. The van der Waals surface area contributed by atoms with E-state index in [-0.39, 0.29) is 17.8 Å². The molecule has 4 heteroatoms. The van der Waals surface area contributed by atoms with E-state index in [1.54, 1.807) is 6.33 Å². The number of rotatable bonds is 2. The zero-order chi connectivity index (χ0) is 9.59. The Bertz CT molecular complexity index is 345. The van der Waals surface area contributed by atoms with E-state index >= 15 is 0 Å². The number of carbonyl (C=O) groups is 1. The first-order chi connectivity index (χ1) is 6.11. The van der Waals surface area contributed by atoms with Gasteiger partial charge in [-0.1, -0.05) is 6.92 Å². The van der Waals surface area contributed by atoms with Gasteiger partial charge < -0.3 is 9.67 Å². The molecule has 2 unspecified atom stereocenters.